The van der Waals surface area contributed by atoms with Crippen LogP contribution in [0, 0.1) is 0 Å². The van der Waals surface area contributed by atoms with Crippen molar-refractivity contribution in [2.45, 2.75) is 44.8 Å². The van der Waals surface area contributed by atoms with Crippen LogP contribution in [0.1, 0.15) is 31.0 Å². The first-order chi connectivity index (χ1) is 9.69. The molecule has 0 unspecified atom stereocenters. The Kier molecular flexibility index (Phi) is 3.56. The van der Waals surface area contributed by atoms with Crippen molar-refractivity contribution in [2.75, 3.05) is 13.7 Å². The van der Waals surface area contributed by atoms with E-state index in [0.29, 0.717) is 18.5 Å². The Labute approximate surface area is 118 Å². The third-order valence-electron chi connectivity index (χ3n) is 4.04. The van der Waals surface area contributed by atoms with E-state index in [4.69, 9.17) is 4.74 Å². The highest BCUT2D eigenvalue weighted by molar-refractivity contribution is 5.81. The van der Waals surface area contributed by atoms with Crippen LogP contribution < -0.4 is 10.1 Å². The van der Waals surface area contributed by atoms with E-state index in [9.17, 15) is 4.79 Å². The lowest BCUT2D eigenvalue weighted by atomic mass is 10.0. The van der Waals surface area contributed by atoms with Gasteiger partial charge in [-0.3, -0.25) is 9.69 Å². The van der Waals surface area contributed by atoms with Crippen LogP contribution in [0.2, 0.25) is 0 Å². The van der Waals surface area contributed by atoms with Gasteiger partial charge in [0.1, 0.15) is 6.33 Å². The molecule has 108 valence electrons. The lowest BCUT2D eigenvalue weighted by Gasteiger charge is -2.32. The molecule has 0 bridgehead atoms. The lowest BCUT2D eigenvalue weighted by molar-refractivity contribution is -0.126. The molecule has 3 rings (SSSR count). The number of carbonyl (C=O) groups excluding carboxylic acids is 1. The van der Waals surface area contributed by atoms with Crippen molar-refractivity contribution >= 4 is 5.91 Å². The summed E-state index contributed by atoms with van der Waals surface area (Å²) >= 11 is 0. The minimum Gasteiger partial charge on any atom is -0.481 e. The Balaban J connectivity index is 1.72. The molecule has 2 aliphatic rings. The molecule has 6 heteroatoms. The maximum absolute atomic E-state index is 12.1. The van der Waals surface area contributed by atoms with Gasteiger partial charge in [-0.05, 0) is 19.8 Å². The maximum atomic E-state index is 12.1. The number of nitrogens with one attached hydrogen (secondary N) is 1. The molecular formula is C14H20N4O2. The quantitative estimate of drug-likeness (QED) is 0.868. The largest absolute Gasteiger partial charge is 0.481 e. The fraction of sp³-hybridized carbons (Fsp3) is 0.643. The van der Waals surface area contributed by atoms with E-state index in [-0.39, 0.29) is 11.9 Å². The predicted molar refractivity (Wildman–Crippen MR) is 73.3 cm³/mol. The number of rotatable bonds is 4. The molecule has 1 saturated carbocycles. The van der Waals surface area contributed by atoms with Crippen LogP contribution in [0.25, 0.3) is 0 Å². The summed E-state index contributed by atoms with van der Waals surface area (Å²) in [7, 11) is 1.62. The molecule has 1 aliphatic carbocycles. The van der Waals surface area contributed by atoms with Crippen molar-refractivity contribution in [3.8, 4) is 5.88 Å². The van der Waals surface area contributed by atoms with Gasteiger partial charge in [-0.2, -0.15) is 0 Å². The number of nitrogens with zero attached hydrogens (tertiary/aromatic N) is 3. The van der Waals surface area contributed by atoms with Crippen molar-refractivity contribution in [3.63, 3.8) is 0 Å². The average Bonchev–Trinajstić information content (AvgIpc) is 3.29. The highest BCUT2D eigenvalue weighted by Crippen LogP contribution is 2.26. The first kappa shape index (κ1) is 13.3. The molecule has 1 aromatic rings. The van der Waals surface area contributed by atoms with Gasteiger partial charge < -0.3 is 10.1 Å². The van der Waals surface area contributed by atoms with Crippen LogP contribution in [0.4, 0.5) is 0 Å². The van der Waals surface area contributed by atoms with Gasteiger partial charge in [-0.15, -0.1) is 0 Å². The molecular weight excluding hydrogens is 256 g/mol. The SMILES string of the molecule is COc1ncnc2c1CN([C@H](C)C(=O)NC1CC1)CC2. The Morgan fingerprint density at radius 3 is 3.00 bits per heavy atom. The van der Waals surface area contributed by atoms with E-state index < -0.39 is 0 Å². The van der Waals surface area contributed by atoms with Crippen LogP contribution in [-0.4, -0.2) is 46.5 Å². The number of hydrogen-bond donors (Lipinski definition) is 1. The summed E-state index contributed by atoms with van der Waals surface area (Å²) in [5.74, 6) is 0.737. The van der Waals surface area contributed by atoms with Crippen LogP contribution in [0.3, 0.4) is 0 Å². The fourth-order valence-electron chi connectivity index (χ4n) is 2.56. The summed E-state index contributed by atoms with van der Waals surface area (Å²) in [5, 5.41) is 3.06. The number of amides is 1. The normalized spacial score (nSPS) is 20.1. The monoisotopic (exact) mass is 276 g/mol. The number of hydrogen-bond acceptors (Lipinski definition) is 5. The van der Waals surface area contributed by atoms with Crippen molar-refractivity contribution < 1.29 is 9.53 Å². The minimum absolute atomic E-state index is 0.117. The molecule has 2 heterocycles. The Morgan fingerprint density at radius 1 is 1.50 bits per heavy atom. The number of ether oxygens (including phenoxy) is 1. The fourth-order valence-corrected chi connectivity index (χ4v) is 2.56. The Hall–Kier alpha value is -1.69. The van der Waals surface area contributed by atoms with Crippen LogP contribution in [-0.2, 0) is 17.8 Å². The zero-order valence-electron chi connectivity index (χ0n) is 11.9. The minimum atomic E-state index is -0.131. The highest BCUT2D eigenvalue weighted by Gasteiger charge is 2.31. The maximum Gasteiger partial charge on any atom is 0.237 e. The first-order valence-electron chi connectivity index (χ1n) is 7.10. The van der Waals surface area contributed by atoms with Gasteiger partial charge >= 0.3 is 0 Å². The summed E-state index contributed by atoms with van der Waals surface area (Å²) in [5.41, 5.74) is 2.04. The number of carbonyl (C=O) groups is 1. The second-order valence-electron chi connectivity index (χ2n) is 5.49. The second-order valence-corrected chi connectivity index (χ2v) is 5.49. The van der Waals surface area contributed by atoms with Gasteiger partial charge in [0.25, 0.3) is 0 Å². The van der Waals surface area contributed by atoms with E-state index in [1.165, 1.54) is 6.33 Å². The molecule has 0 radical (unpaired) electrons. The van der Waals surface area contributed by atoms with Gasteiger partial charge in [0.05, 0.1) is 18.8 Å². The highest BCUT2D eigenvalue weighted by atomic mass is 16.5. The summed E-state index contributed by atoms with van der Waals surface area (Å²) in [6.45, 7) is 3.46. The van der Waals surface area contributed by atoms with Gasteiger partial charge in [-0.1, -0.05) is 0 Å². The van der Waals surface area contributed by atoms with Gasteiger partial charge in [0.2, 0.25) is 11.8 Å². The number of methoxy groups -OCH3 is 1. The van der Waals surface area contributed by atoms with Crippen molar-refractivity contribution in [3.05, 3.63) is 17.6 Å². The van der Waals surface area contributed by atoms with Crippen molar-refractivity contribution in [2.24, 2.45) is 0 Å². The van der Waals surface area contributed by atoms with E-state index in [0.717, 1.165) is 37.1 Å². The zero-order valence-corrected chi connectivity index (χ0v) is 11.9. The van der Waals surface area contributed by atoms with Crippen LogP contribution >= 0.6 is 0 Å². The molecule has 1 N–H and O–H groups in total. The van der Waals surface area contributed by atoms with Gasteiger partial charge in [-0.25, -0.2) is 9.97 Å². The topological polar surface area (TPSA) is 67.4 Å². The van der Waals surface area contributed by atoms with Crippen molar-refractivity contribution in [1.29, 1.82) is 0 Å². The average molecular weight is 276 g/mol. The van der Waals surface area contributed by atoms with E-state index in [1.54, 1.807) is 7.11 Å². The number of fused-ring (bicyclic) bond motifs is 1. The Bertz CT molecular complexity index is 502. The van der Waals surface area contributed by atoms with Crippen LogP contribution in [0.5, 0.6) is 5.88 Å². The molecule has 1 aliphatic heterocycles. The third kappa shape index (κ3) is 2.60. The molecule has 1 fully saturated rings. The van der Waals surface area contributed by atoms with E-state index in [2.05, 4.69) is 20.2 Å². The summed E-state index contributed by atoms with van der Waals surface area (Å²) in [6, 6.07) is 0.272. The zero-order chi connectivity index (χ0) is 14.1. The summed E-state index contributed by atoms with van der Waals surface area (Å²) in [6.07, 6.45) is 4.59. The second kappa shape index (κ2) is 5.36. The molecule has 1 amide bonds. The molecule has 0 aromatic carbocycles. The summed E-state index contributed by atoms with van der Waals surface area (Å²) < 4.78 is 5.30. The van der Waals surface area contributed by atoms with E-state index in [1.807, 2.05) is 6.92 Å². The van der Waals surface area contributed by atoms with E-state index >= 15 is 0 Å². The van der Waals surface area contributed by atoms with Crippen molar-refractivity contribution in [1.82, 2.24) is 20.2 Å². The third-order valence-corrected chi connectivity index (χ3v) is 4.04. The lowest BCUT2D eigenvalue weighted by Crippen LogP contribution is -2.47. The smallest absolute Gasteiger partial charge is 0.237 e. The molecule has 0 saturated heterocycles. The molecule has 0 spiro atoms. The predicted octanol–water partition coefficient (Wildman–Crippen LogP) is 0.510. The molecule has 1 aromatic heterocycles. The molecule has 20 heavy (non-hydrogen) atoms. The van der Waals surface area contributed by atoms with Gasteiger partial charge in [0, 0.05) is 31.1 Å². The summed E-state index contributed by atoms with van der Waals surface area (Å²) in [4.78, 5) is 22.8. The molecule has 1 atom stereocenters. The molecule has 6 nitrogen and oxygen atoms in total. The Morgan fingerprint density at radius 2 is 2.30 bits per heavy atom. The van der Waals surface area contributed by atoms with Gasteiger partial charge in [0.15, 0.2) is 0 Å². The standard InChI is InChI=1S/C14H20N4O2/c1-9(13(19)17-10-3-4-10)18-6-5-12-11(7-18)14(20-2)16-8-15-12/h8-10H,3-7H2,1-2H3,(H,17,19)/t9-/m1/s1. The van der Waals surface area contributed by atoms with Crippen LogP contribution in [0.15, 0.2) is 6.33 Å². The number of aromatic nitrogens is 2. The first-order valence-corrected chi connectivity index (χ1v) is 7.10.